The fraction of sp³-hybridized carbons (Fsp3) is 0.185. The van der Waals surface area contributed by atoms with E-state index in [1.807, 2.05) is 42.5 Å². The summed E-state index contributed by atoms with van der Waals surface area (Å²) in [6.07, 6.45) is 7.67. The Hall–Kier alpha value is -2.98. The lowest BCUT2D eigenvalue weighted by Crippen LogP contribution is -2.24. The molecule has 1 saturated heterocycles. The molecule has 2 N–H and O–H groups in total. The lowest BCUT2D eigenvalue weighted by molar-refractivity contribution is -0.0225. The number of hydrogen-bond donors (Lipinski definition) is 2. The molecule has 1 heterocycles. The molecule has 3 heteroatoms. The van der Waals surface area contributed by atoms with Crippen molar-refractivity contribution in [1.29, 1.82) is 0 Å². The van der Waals surface area contributed by atoms with Crippen molar-refractivity contribution in [2.24, 2.45) is 0 Å². The summed E-state index contributed by atoms with van der Waals surface area (Å²) in [7, 11) is 0. The van der Waals surface area contributed by atoms with Crippen LogP contribution in [0.2, 0.25) is 0 Å². The van der Waals surface area contributed by atoms with Crippen LogP contribution in [-0.4, -0.2) is 29.0 Å². The molecular weight excluding hydrogens is 372 g/mol. The summed E-state index contributed by atoms with van der Waals surface area (Å²) in [5.74, 6) is 0. The Morgan fingerprint density at radius 3 is 1.63 bits per heavy atom. The Labute approximate surface area is 177 Å². The summed E-state index contributed by atoms with van der Waals surface area (Å²) in [6.45, 7) is -0.153. The fourth-order valence-electron chi connectivity index (χ4n) is 3.60. The van der Waals surface area contributed by atoms with Gasteiger partial charge in [0.25, 0.3) is 0 Å². The van der Waals surface area contributed by atoms with Crippen molar-refractivity contribution in [3.8, 4) is 0 Å². The van der Waals surface area contributed by atoms with Crippen molar-refractivity contribution in [2.75, 3.05) is 6.61 Å². The maximum absolute atomic E-state index is 9.90. The molecule has 4 rings (SSSR count). The van der Waals surface area contributed by atoms with E-state index in [0.717, 1.165) is 16.7 Å². The highest BCUT2D eigenvalue weighted by Crippen LogP contribution is 2.33. The normalized spacial score (nSPS) is 21.6. The van der Waals surface area contributed by atoms with Crippen LogP contribution in [0.5, 0.6) is 0 Å². The number of benzene rings is 3. The first-order valence-corrected chi connectivity index (χ1v) is 10.3. The zero-order chi connectivity index (χ0) is 20.8. The molecule has 30 heavy (non-hydrogen) atoms. The predicted molar refractivity (Wildman–Crippen MR) is 123 cm³/mol. The quantitative estimate of drug-likeness (QED) is 0.561. The van der Waals surface area contributed by atoms with Crippen LogP contribution in [0.1, 0.15) is 40.3 Å². The van der Waals surface area contributed by atoms with Crippen LogP contribution in [0.3, 0.4) is 0 Å². The largest absolute Gasteiger partial charge is 0.394 e. The zero-order valence-electron chi connectivity index (χ0n) is 16.8. The van der Waals surface area contributed by atoms with Crippen molar-refractivity contribution < 1.29 is 14.9 Å². The third-order valence-electron chi connectivity index (χ3n) is 5.38. The standard InChI is InChI=1S/C27H26O3/c28-19-27-25(29)18-26(30-27)24-16-14-23(15-17-24)13-12-22-10-8-21(9-11-22)7-6-20-4-2-1-3-5-20/h1-17,25-29H,18-19H2/b7-6+,13-12+/t25?,26?,27-/m1/s1. The Kier molecular flexibility index (Phi) is 6.55. The van der Waals surface area contributed by atoms with Gasteiger partial charge in [0.05, 0.1) is 18.8 Å². The molecular formula is C27H26O3. The van der Waals surface area contributed by atoms with Gasteiger partial charge in [-0.2, -0.15) is 0 Å². The molecule has 152 valence electrons. The molecule has 0 radical (unpaired) electrons. The van der Waals surface area contributed by atoms with Crippen LogP contribution < -0.4 is 0 Å². The molecule has 3 aromatic rings. The first-order chi connectivity index (χ1) is 14.7. The zero-order valence-corrected chi connectivity index (χ0v) is 16.8. The van der Waals surface area contributed by atoms with Crippen LogP contribution in [0.25, 0.3) is 24.3 Å². The van der Waals surface area contributed by atoms with E-state index in [1.54, 1.807) is 0 Å². The average Bonchev–Trinajstić information content (AvgIpc) is 3.18. The van der Waals surface area contributed by atoms with E-state index in [4.69, 9.17) is 4.74 Å². The molecule has 0 aliphatic carbocycles. The van der Waals surface area contributed by atoms with E-state index in [9.17, 15) is 10.2 Å². The predicted octanol–water partition coefficient (Wildman–Crippen LogP) is 5.21. The van der Waals surface area contributed by atoms with Crippen LogP contribution in [-0.2, 0) is 4.74 Å². The molecule has 0 amide bonds. The van der Waals surface area contributed by atoms with Crippen molar-refractivity contribution in [2.45, 2.75) is 24.7 Å². The number of rotatable bonds is 6. The molecule has 1 aliphatic rings. The lowest BCUT2D eigenvalue weighted by Gasteiger charge is -2.12. The van der Waals surface area contributed by atoms with E-state index in [0.29, 0.717) is 6.42 Å². The monoisotopic (exact) mass is 398 g/mol. The third-order valence-corrected chi connectivity index (χ3v) is 5.38. The topological polar surface area (TPSA) is 49.7 Å². The number of aliphatic hydroxyl groups is 2. The van der Waals surface area contributed by atoms with Crippen LogP contribution in [0.15, 0.2) is 78.9 Å². The SMILES string of the molecule is OC[C@H]1OC(c2ccc(/C=C/c3ccc(/C=C/c4ccccc4)cc3)cc2)CC1O. The highest BCUT2D eigenvalue weighted by atomic mass is 16.5. The number of hydrogen-bond acceptors (Lipinski definition) is 3. The van der Waals surface area contributed by atoms with Gasteiger partial charge in [0.15, 0.2) is 0 Å². The highest BCUT2D eigenvalue weighted by molar-refractivity contribution is 5.73. The second-order valence-corrected chi connectivity index (χ2v) is 7.56. The minimum absolute atomic E-state index is 0.153. The van der Waals surface area contributed by atoms with E-state index in [2.05, 4.69) is 60.7 Å². The van der Waals surface area contributed by atoms with Crippen LogP contribution in [0.4, 0.5) is 0 Å². The number of ether oxygens (including phenoxy) is 1. The van der Waals surface area contributed by atoms with Crippen molar-refractivity contribution in [1.82, 2.24) is 0 Å². The second kappa shape index (κ2) is 9.68. The number of aliphatic hydroxyl groups excluding tert-OH is 2. The molecule has 3 aromatic carbocycles. The van der Waals surface area contributed by atoms with Gasteiger partial charge < -0.3 is 14.9 Å². The average molecular weight is 399 g/mol. The van der Waals surface area contributed by atoms with Crippen LogP contribution in [0, 0.1) is 0 Å². The molecule has 3 atom stereocenters. The third kappa shape index (κ3) is 5.14. The minimum Gasteiger partial charge on any atom is -0.394 e. The van der Waals surface area contributed by atoms with E-state index >= 15 is 0 Å². The van der Waals surface area contributed by atoms with E-state index < -0.39 is 12.2 Å². The molecule has 0 spiro atoms. The Morgan fingerprint density at radius 1 is 0.700 bits per heavy atom. The Bertz CT molecular complexity index is 989. The van der Waals surface area contributed by atoms with Crippen molar-refractivity contribution in [3.63, 3.8) is 0 Å². The fourth-order valence-corrected chi connectivity index (χ4v) is 3.60. The Balaban J connectivity index is 1.36. The van der Waals surface area contributed by atoms with Crippen molar-refractivity contribution >= 4 is 24.3 Å². The first-order valence-electron chi connectivity index (χ1n) is 10.3. The summed E-state index contributed by atoms with van der Waals surface area (Å²) in [5.41, 5.74) is 5.62. The molecule has 0 saturated carbocycles. The lowest BCUT2D eigenvalue weighted by atomic mass is 10.0. The van der Waals surface area contributed by atoms with Gasteiger partial charge in [0.1, 0.15) is 6.10 Å². The summed E-state index contributed by atoms with van der Waals surface area (Å²) in [4.78, 5) is 0. The second-order valence-electron chi connectivity index (χ2n) is 7.56. The van der Waals surface area contributed by atoms with E-state index in [1.165, 1.54) is 11.1 Å². The van der Waals surface area contributed by atoms with Gasteiger partial charge in [-0.15, -0.1) is 0 Å². The molecule has 0 bridgehead atoms. The molecule has 1 fully saturated rings. The maximum atomic E-state index is 9.90. The van der Waals surface area contributed by atoms with Gasteiger partial charge in [0.2, 0.25) is 0 Å². The van der Waals surface area contributed by atoms with Gasteiger partial charge in [-0.25, -0.2) is 0 Å². The highest BCUT2D eigenvalue weighted by Gasteiger charge is 2.33. The molecule has 1 aliphatic heterocycles. The molecule has 2 unspecified atom stereocenters. The molecule has 0 aromatic heterocycles. The summed E-state index contributed by atoms with van der Waals surface area (Å²) in [5, 5.41) is 19.1. The summed E-state index contributed by atoms with van der Waals surface area (Å²) in [6, 6.07) is 26.9. The van der Waals surface area contributed by atoms with Gasteiger partial charge in [-0.05, 0) is 27.8 Å². The smallest absolute Gasteiger partial charge is 0.107 e. The summed E-state index contributed by atoms with van der Waals surface area (Å²) >= 11 is 0. The van der Waals surface area contributed by atoms with Gasteiger partial charge in [-0.3, -0.25) is 0 Å². The van der Waals surface area contributed by atoms with Gasteiger partial charge in [0, 0.05) is 6.42 Å². The van der Waals surface area contributed by atoms with Gasteiger partial charge in [-0.1, -0.05) is 103 Å². The maximum Gasteiger partial charge on any atom is 0.107 e. The van der Waals surface area contributed by atoms with Crippen molar-refractivity contribution in [3.05, 3.63) is 107 Å². The first kappa shape index (κ1) is 20.3. The van der Waals surface area contributed by atoms with Crippen LogP contribution >= 0.6 is 0 Å². The van der Waals surface area contributed by atoms with E-state index in [-0.39, 0.29) is 12.7 Å². The Morgan fingerprint density at radius 2 is 1.17 bits per heavy atom. The molecule has 3 nitrogen and oxygen atoms in total. The summed E-state index contributed by atoms with van der Waals surface area (Å²) < 4.78 is 5.71. The minimum atomic E-state index is -0.606. The van der Waals surface area contributed by atoms with Gasteiger partial charge >= 0.3 is 0 Å².